The molecule has 11 rings (SSSR count). The number of imidazole rings is 1. The fraction of sp³-hybridized carbons (Fsp3) is 0.302. The van der Waals surface area contributed by atoms with Gasteiger partial charge in [0.15, 0.2) is 0 Å². The second kappa shape index (κ2) is 8.95. The smallest absolute Gasteiger partial charge is 0.0830 e. The van der Waals surface area contributed by atoms with E-state index in [1.807, 2.05) is 12.1 Å². The summed E-state index contributed by atoms with van der Waals surface area (Å²) in [5, 5.41) is 7.22. The molecule has 0 fully saturated rings. The summed E-state index contributed by atoms with van der Waals surface area (Å²) in [4.78, 5) is 9.56. The third-order valence-electron chi connectivity index (χ3n) is 13.5. The molecule has 50 heavy (non-hydrogen) atoms. The molecule has 4 aromatic carbocycles. The van der Waals surface area contributed by atoms with Crippen LogP contribution in [0.3, 0.4) is 0 Å². The first-order valence-electron chi connectivity index (χ1n) is 17.3. The molecule has 4 aromatic heterocycles. The summed E-state index contributed by atoms with van der Waals surface area (Å²) in [7, 11) is 2.09. The molecule has 0 saturated heterocycles. The second-order valence-electron chi connectivity index (χ2n) is 16.8. The Morgan fingerprint density at radius 1 is 0.700 bits per heavy atom. The Balaban J connectivity index is 0.00000316. The van der Waals surface area contributed by atoms with Crippen LogP contribution < -0.4 is 4.90 Å². The van der Waals surface area contributed by atoms with Gasteiger partial charge in [-0.05, 0) is 41.7 Å². The summed E-state index contributed by atoms with van der Waals surface area (Å²) in [6.45, 7) is 20.9. The minimum Gasteiger partial charge on any atom is -0.511 e. The molecule has 8 aromatic rings. The largest absolute Gasteiger partial charge is 0.511 e. The van der Waals surface area contributed by atoms with Gasteiger partial charge in [0.05, 0.1) is 22.4 Å². The van der Waals surface area contributed by atoms with Crippen LogP contribution >= 0.6 is 0 Å². The molecule has 0 saturated carbocycles. The summed E-state index contributed by atoms with van der Waals surface area (Å²) in [5.74, 6) is 0. The number of pyridine rings is 1. The minimum atomic E-state index is -0.152. The van der Waals surface area contributed by atoms with Crippen molar-refractivity contribution in [1.82, 2.24) is 14.3 Å². The number of hydrogen-bond donors (Lipinski definition) is 0. The molecule has 0 bridgehead atoms. The van der Waals surface area contributed by atoms with E-state index < -0.39 is 0 Å². The predicted octanol–water partition coefficient (Wildman–Crippen LogP) is 10.6. The first kappa shape index (κ1) is 30.5. The predicted molar refractivity (Wildman–Crippen MR) is 198 cm³/mol. The van der Waals surface area contributed by atoms with Gasteiger partial charge in [0.2, 0.25) is 0 Å². The van der Waals surface area contributed by atoms with Gasteiger partial charge >= 0.3 is 0 Å². The van der Waals surface area contributed by atoms with Crippen LogP contribution in [-0.2, 0) is 37.3 Å². The molecule has 6 nitrogen and oxygen atoms in total. The normalized spacial score (nSPS) is 19.7. The van der Waals surface area contributed by atoms with E-state index in [0.717, 1.165) is 66.0 Å². The van der Waals surface area contributed by atoms with Crippen LogP contribution in [0.15, 0.2) is 69.4 Å². The zero-order chi connectivity index (χ0) is 33.7. The minimum absolute atomic E-state index is 0. The molecule has 3 aliphatic heterocycles. The fourth-order valence-corrected chi connectivity index (χ4v) is 9.29. The van der Waals surface area contributed by atoms with Gasteiger partial charge in [0.1, 0.15) is 0 Å². The number of rotatable bonds is 0. The Bertz CT molecular complexity index is 2900. The number of fused-ring (bicyclic) bond motifs is 13. The number of aromatic nitrogens is 2. The van der Waals surface area contributed by atoms with Crippen molar-refractivity contribution in [3.8, 4) is 0 Å². The summed E-state index contributed by atoms with van der Waals surface area (Å²) in [6.07, 6.45) is 4.32. The molecule has 0 spiro atoms. The van der Waals surface area contributed by atoms with Crippen LogP contribution in [0.25, 0.3) is 71.2 Å². The number of nitrogens with zero attached hydrogens (tertiary/aromatic N) is 4. The Morgan fingerprint density at radius 2 is 1.36 bits per heavy atom. The maximum absolute atomic E-state index is 6.68. The summed E-state index contributed by atoms with van der Waals surface area (Å²) in [6, 6.07) is 23.0. The van der Waals surface area contributed by atoms with Crippen molar-refractivity contribution < 1.29 is 29.9 Å². The summed E-state index contributed by atoms with van der Waals surface area (Å²) < 4.78 is 15.7. The first-order valence-corrected chi connectivity index (χ1v) is 17.3. The maximum Gasteiger partial charge on any atom is 0.0830 e. The van der Waals surface area contributed by atoms with Crippen LogP contribution in [0.4, 0.5) is 5.69 Å². The third-order valence-corrected chi connectivity index (χ3v) is 13.5. The van der Waals surface area contributed by atoms with Crippen molar-refractivity contribution in [2.24, 2.45) is 5.41 Å². The monoisotopic (exact) mass is 836 g/mol. The molecule has 254 valence electrons. The van der Waals surface area contributed by atoms with Crippen LogP contribution in [-0.4, -0.2) is 21.3 Å². The number of benzene rings is 4. The van der Waals surface area contributed by atoms with E-state index in [1.165, 1.54) is 33.4 Å². The first-order chi connectivity index (χ1) is 23.2. The van der Waals surface area contributed by atoms with E-state index in [2.05, 4.69) is 138 Å². The van der Waals surface area contributed by atoms with Gasteiger partial charge in [-0.15, -0.1) is 17.5 Å². The van der Waals surface area contributed by atoms with Crippen molar-refractivity contribution in [2.45, 2.75) is 71.6 Å². The average Bonchev–Trinajstić information content (AvgIpc) is 3.83. The van der Waals surface area contributed by atoms with Crippen LogP contribution in [0.2, 0.25) is 0 Å². The number of para-hydroxylation sites is 1. The quantitative estimate of drug-likeness (QED) is 0.113. The third kappa shape index (κ3) is 3.21. The van der Waals surface area contributed by atoms with E-state index in [1.54, 1.807) is 0 Å². The molecular formula is C43H37N4O2Pt-3. The Morgan fingerprint density at radius 3 is 2.08 bits per heavy atom. The average molecular weight is 837 g/mol. The molecule has 0 amide bonds. The van der Waals surface area contributed by atoms with Crippen molar-refractivity contribution in [3.05, 3.63) is 96.2 Å². The van der Waals surface area contributed by atoms with E-state index in [0.29, 0.717) is 0 Å². The number of allylic oxidation sites excluding steroid dienone is 1. The molecule has 0 N–H and O–H groups in total. The summed E-state index contributed by atoms with van der Waals surface area (Å²) >= 11 is 0. The molecule has 7 heterocycles. The van der Waals surface area contributed by atoms with E-state index in [9.17, 15) is 0 Å². The second-order valence-corrected chi connectivity index (χ2v) is 16.8. The molecule has 7 heteroatoms. The van der Waals surface area contributed by atoms with Crippen LogP contribution in [0.1, 0.15) is 72.2 Å². The Hall–Kier alpha value is -4.28. The van der Waals surface area contributed by atoms with Crippen molar-refractivity contribution in [1.29, 1.82) is 0 Å². The van der Waals surface area contributed by atoms with Gasteiger partial charge in [-0.25, -0.2) is 0 Å². The standard InChI is InChI=1S/C43H37N4O2.Pt/c1-40(2)27-12-10-11-22-23-17-32-25(15-24(23)39-44-19-34(42(40,5)6)47(39)38(22)27)36-30(48-32)13-14-31-37(36)26-16-29-28(18-33(26)49-31)41(3,4)43(7,8)35-20-45(9)21-46(29)35;/h10-14,17-21H,1-9H3;/q-3;. The van der Waals surface area contributed by atoms with E-state index in [-0.39, 0.29) is 42.7 Å². The molecular weight excluding hydrogens is 800 g/mol. The maximum atomic E-state index is 6.68. The molecule has 0 aliphatic carbocycles. The SMILES string of the molecule is CN1C=C2N([CH-]1)c1[c-]c3c(cc1C(C)(C)C2(C)C)oc1ccc2oc4cc5c([c-]c4c2c13)c1ncc2n1c1c(cccc51)C(C)(C)C2(C)C.[Pt]. The van der Waals surface area contributed by atoms with Crippen molar-refractivity contribution in [3.63, 3.8) is 0 Å². The molecule has 0 radical (unpaired) electrons. The van der Waals surface area contributed by atoms with E-state index >= 15 is 0 Å². The zero-order valence-electron chi connectivity index (χ0n) is 29.7. The Labute approximate surface area is 304 Å². The van der Waals surface area contributed by atoms with Crippen LogP contribution in [0, 0.1) is 24.2 Å². The van der Waals surface area contributed by atoms with Crippen molar-refractivity contribution in [2.75, 3.05) is 11.9 Å². The topological polar surface area (TPSA) is 50.1 Å². The molecule has 3 aliphatic rings. The summed E-state index contributed by atoms with van der Waals surface area (Å²) in [5.41, 5.74) is 11.1. The number of anilines is 1. The van der Waals surface area contributed by atoms with E-state index in [4.69, 9.17) is 13.8 Å². The van der Waals surface area contributed by atoms with Gasteiger partial charge in [-0.1, -0.05) is 124 Å². The van der Waals surface area contributed by atoms with Crippen LogP contribution in [0.5, 0.6) is 0 Å². The Kier molecular flexibility index (Phi) is 5.47. The number of furan rings is 2. The van der Waals surface area contributed by atoms with Gasteiger partial charge in [-0.2, -0.15) is 6.67 Å². The van der Waals surface area contributed by atoms with Gasteiger partial charge in [-0.3, -0.25) is 4.98 Å². The van der Waals surface area contributed by atoms with Gasteiger partial charge in [0.25, 0.3) is 0 Å². The van der Waals surface area contributed by atoms with Crippen molar-refractivity contribution >= 4 is 76.9 Å². The fourth-order valence-electron chi connectivity index (χ4n) is 9.29. The number of hydrogen-bond acceptors (Lipinski definition) is 5. The van der Waals surface area contributed by atoms with Gasteiger partial charge < -0.3 is 23.0 Å². The zero-order valence-corrected chi connectivity index (χ0v) is 32.0. The molecule has 0 unspecified atom stereocenters. The van der Waals surface area contributed by atoms with Gasteiger partial charge in [0, 0.05) is 66.0 Å². The molecule has 0 atom stereocenters.